The smallest absolute Gasteiger partial charge is 0.242 e. The van der Waals surface area contributed by atoms with Crippen molar-refractivity contribution in [3.05, 3.63) is 0 Å². The topological polar surface area (TPSA) is 56.1 Å². The molecule has 1 N–H and O–H groups in total. The van der Waals surface area contributed by atoms with Crippen LogP contribution in [0.3, 0.4) is 0 Å². The summed E-state index contributed by atoms with van der Waals surface area (Å²) in [5.74, 6) is 0.0228. The molecule has 1 amide bonds. The lowest BCUT2D eigenvalue weighted by atomic mass is 10.0. The highest BCUT2D eigenvalue weighted by Crippen LogP contribution is 2.06. The summed E-state index contributed by atoms with van der Waals surface area (Å²) >= 11 is 0. The third kappa shape index (κ3) is 3.75. The summed E-state index contributed by atoms with van der Waals surface area (Å²) in [6.45, 7) is 6.91. The van der Waals surface area contributed by atoms with Crippen LogP contribution >= 0.6 is 0 Å². The van der Waals surface area contributed by atoms with Gasteiger partial charge in [-0.25, -0.2) is 0 Å². The molecule has 0 unspecified atom stereocenters. The van der Waals surface area contributed by atoms with Crippen LogP contribution in [0, 0.1) is 11.3 Å². The Morgan fingerprint density at radius 1 is 1.57 bits per heavy atom. The first-order chi connectivity index (χ1) is 6.45. The largest absolute Gasteiger partial charge is 0.343 e. The monoisotopic (exact) mass is 197 g/mol. The van der Waals surface area contributed by atoms with E-state index < -0.39 is 5.54 Å². The van der Waals surface area contributed by atoms with Crippen molar-refractivity contribution in [1.82, 2.24) is 10.2 Å². The van der Waals surface area contributed by atoms with Crippen LogP contribution in [0.4, 0.5) is 0 Å². The molecule has 0 heterocycles. The number of amides is 1. The zero-order valence-corrected chi connectivity index (χ0v) is 9.42. The minimum Gasteiger partial charge on any atom is -0.343 e. The van der Waals surface area contributed by atoms with E-state index >= 15 is 0 Å². The minimum absolute atomic E-state index is 0.0228. The Hall–Kier alpha value is -1.08. The van der Waals surface area contributed by atoms with Gasteiger partial charge in [0.05, 0.1) is 18.0 Å². The second-order valence-electron chi connectivity index (χ2n) is 3.79. The predicted octanol–water partition coefficient (Wildman–Crippen LogP) is 0.747. The molecular weight excluding hydrogens is 178 g/mol. The van der Waals surface area contributed by atoms with Gasteiger partial charge in [0, 0.05) is 13.6 Å². The maximum absolute atomic E-state index is 11.8. The fourth-order valence-electron chi connectivity index (χ4n) is 1.31. The van der Waals surface area contributed by atoms with E-state index in [1.807, 2.05) is 26.8 Å². The fourth-order valence-corrected chi connectivity index (χ4v) is 1.31. The highest BCUT2D eigenvalue weighted by molar-refractivity contribution is 5.85. The predicted molar refractivity (Wildman–Crippen MR) is 55.6 cm³/mol. The molecule has 80 valence electrons. The summed E-state index contributed by atoms with van der Waals surface area (Å²) in [7, 11) is 1.72. The van der Waals surface area contributed by atoms with E-state index in [0.717, 1.165) is 6.54 Å². The SMILES string of the molecule is CCNC(C)(C)C(=O)N(C)CCC#N. The molecule has 14 heavy (non-hydrogen) atoms. The summed E-state index contributed by atoms with van der Waals surface area (Å²) in [5.41, 5.74) is -0.543. The van der Waals surface area contributed by atoms with Gasteiger partial charge in [0.2, 0.25) is 5.91 Å². The molecule has 0 saturated heterocycles. The van der Waals surface area contributed by atoms with Gasteiger partial charge in [0.15, 0.2) is 0 Å². The third-order valence-electron chi connectivity index (χ3n) is 2.06. The molecule has 0 rings (SSSR count). The van der Waals surface area contributed by atoms with E-state index in [1.54, 1.807) is 11.9 Å². The van der Waals surface area contributed by atoms with Crippen molar-refractivity contribution < 1.29 is 4.79 Å². The van der Waals surface area contributed by atoms with Crippen LogP contribution in [0.15, 0.2) is 0 Å². The van der Waals surface area contributed by atoms with Crippen LogP contribution in [0.25, 0.3) is 0 Å². The second-order valence-corrected chi connectivity index (χ2v) is 3.79. The lowest BCUT2D eigenvalue weighted by Crippen LogP contribution is -2.53. The van der Waals surface area contributed by atoms with E-state index in [0.29, 0.717) is 13.0 Å². The average molecular weight is 197 g/mol. The van der Waals surface area contributed by atoms with Crippen molar-refractivity contribution in [3.63, 3.8) is 0 Å². The Morgan fingerprint density at radius 2 is 2.14 bits per heavy atom. The Morgan fingerprint density at radius 3 is 2.57 bits per heavy atom. The van der Waals surface area contributed by atoms with Gasteiger partial charge in [0.1, 0.15) is 0 Å². The van der Waals surface area contributed by atoms with Gasteiger partial charge in [-0.1, -0.05) is 6.92 Å². The highest BCUT2D eigenvalue weighted by Gasteiger charge is 2.28. The number of carbonyl (C=O) groups excluding carboxylic acids is 1. The van der Waals surface area contributed by atoms with Gasteiger partial charge >= 0.3 is 0 Å². The molecule has 0 aromatic heterocycles. The molecule has 0 aromatic rings. The van der Waals surface area contributed by atoms with E-state index in [2.05, 4.69) is 5.32 Å². The van der Waals surface area contributed by atoms with Gasteiger partial charge < -0.3 is 10.2 Å². The van der Waals surface area contributed by atoms with E-state index in [-0.39, 0.29) is 5.91 Å². The molecule has 0 fully saturated rings. The number of nitriles is 1. The fraction of sp³-hybridized carbons (Fsp3) is 0.800. The summed E-state index contributed by atoms with van der Waals surface area (Å²) in [5, 5.41) is 11.5. The molecule has 0 spiro atoms. The number of carbonyl (C=O) groups is 1. The van der Waals surface area contributed by atoms with Crippen molar-refractivity contribution in [2.75, 3.05) is 20.1 Å². The van der Waals surface area contributed by atoms with E-state index in [9.17, 15) is 4.79 Å². The highest BCUT2D eigenvalue weighted by atomic mass is 16.2. The summed E-state index contributed by atoms with van der Waals surface area (Å²) in [4.78, 5) is 13.4. The van der Waals surface area contributed by atoms with Gasteiger partial charge in [-0.3, -0.25) is 4.79 Å². The van der Waals surface area contributed by atoms with Crippen molar-refractivity contribution in [2.45, 2.75) is 32.7 Å². The van der Waals surface area contributed by atoms with Crippen LogP contribution in [0.1, 0.15) is 27.2 Å². The maximum Gasteiger partial charge on any atom is 0.242 e. The molecule has 0 aliphatic rings. The second kappa shape index (κ2) is 5.61. The summed E-state index contributed by atoms with van der Waals surface area (Å²) in [6, 6.07) is 2.02. The number of nitrogens with zero attached hydrogens (tertiary/aromatic N) is 2. The Kier molecular flexibility index (Phi) is 5.18. The number of hydrogen-bond acceptors (Lipinski definition) is 3. The summed E-state index contributed by atoms with van der Waals surface area (Å²) in [6.07, 6.45) is 0.379. The Bertz CT molecular complexity index is 230. The minimum atomic E-state index is -0.543. The van der Waals surface area contributed by atoms with Crippen LogP contribution in [-0.4, -0.2) is 36.5 Å². The van der Waals surface area contributed by atoms with Crippen molar-refractivity contribution >= 4 is 5.91 Å². The number of nitrogens with one attached hydrogen (secondary N) is 1. The molecule has 4 heteroatoms. The Labute approximate surface area is 85.9 Å². The molecule has 0 radical (unpaired) electrons. The van der Waals surface area contributed by atoms with Gasteiger partial charge in [-0.2, -0.15) is 5.26 Å². The van der Waals surface area contributed by atoms with Gasteiger partial charge in [0.25, 0.3) is 0 Å². The molecule has 0 atom stereocenters. The third-order valence-corrected chi connectivity index (χ3v) is 2.06. The van der Waals surface area contributed by atoms with Crippen molar-refractivity contribution in [1.29, 1.82) is 5.26 Å². The average Bonchev–Trinajstić information content (AvgIpc) is 2.12. The van der Waals surface area contributed by atoms with Crippen LogP contribution in [0.2, 0.25) is 0 Å². The maximum atomic E-state index is 11.8. The van der Waals surface area contributed by atoms with E-state index in [1.165, 1.54) is 0 Å². The first-order valence-electron chi connectivity index (χ1n) is 4.83. The lowest BCUT2D eigenvalue weighted by molar-refractivity contribution is -0.135. The Balaban J connectivity index is 4.23. The quantitative estimate of drug-likeness (QED) is 0.707. The van der Waals surface area contributed by atoms with Crippen molar-refractivity contribution in [2.24, 2.45) is 0 Å². The van der Waals surface area contributed by atoms with Crippen LogP contribution in [0.5, 0.6) is 0 Å². The molecule has 0 aliphatic heterocycles. The zero-order chi connectivity index (χ0) is 11.2. The summed E-state index contributed by atoms with van der Waals surface area (Å²) < 4.78 is 0. The molecule has 0 bridgehead atoms. The zero-order valence-electron chi connectivity index (χ0n) is 9.42. The molecule has 0 aromatic carbocycles. The lowest BCUT2D eigenvalue weighted by Gasteiger charge is -2.29. The van der Waals surface area contributed by atoms with Crippen LogP contribution in [-0.2, 0) is 4.79 Å². The first-order valence-corrected chi connectivity index (χ1v) is 4.83. The number of hydrogen-bond donors (Lipinski definition) is 1. The van der Waals surface area contributed by atoms with Gasteiger partial charge in [-0.15, -0.1) is 0 Å². The normalized spacial score (nSPS) is 10.8. The molecular formula is C10H19N3O. The molecule has 4 nitrogen and oxygen atoms in total. The van der Waals surface area contributed by atoms with Crippen LogP contribution < -0.4 is 5.32 Å². The van der Waals surface area contributed by atoms with E-state index in [4.69, 9.17) is 5.26 Å². The molecule has 0 aliphatic carbocycles. The first kappa shape index (κ1) is 12.9. The molecule has 0 saturated carbocycles. The number of likely N-dealkylation sites (N-methyl/N-ethyl adjacent to an activating group) is 2. The van der Waals surface area contributed by atoms with Crippen molar-refractivity contribution in [3.8, 4) is 6.07 Å². The number of rotatable bonds is 5. The van der Waals surface area contributed by atoms with Gasteiger partial charge in [-0.05, 0) is 20.4 Å². The standard InChI is InChI=1S/C10H19N3O/c1-5-12-10(2,3)9(14)13(4)8-6-7-11/h12H,5-6,8H2,1-4H3.